The van der Waals surface area contributed by atoms with E-state index in [-0.39, 0.29) is 0 Å². The molecule has 3 aliphatic rings. The van der Waals surface area contributed by atoms with Crippen LogP contribution in [0.4, 0.5) is 11.8 Å². The lowest BCUT2D eigenvalue weighted by molar-refractivity contribution is 0.252. The summed E-state index contributed by atoms with van der Waals surface area (Å²) in [5, 5.41) is 3.67. The van der Waals surface area contributed by atoms with Crippen molar-refractivity contribution in [1.29, 1.82) is 0 Å². The molecule has 0 bridgehead atoms. The molecule has 22 heavy (non-hydrogen) atoms. The number of nitrogens with zero attached hydrogens (tertiary/aromatic N) is 4. The molecule has 4 rings (SSSR count). The molecule has 1 aliphatic carbocycles. The molecular weight excluding hydrogens is 274 g/mol. The number of rotatable bonds is 5. The molecule has 5 heteroatoms. The smallest absolute Gasteiger partial charge is 0.227 e. The Hall–Kier alpha value is -1.36. The van der Waals surface area contributed by atoms with E-state index >= 15 is 0 Å². The Morgan fingerprint density at radius 2 is 1.95 bits per heavy atom. The molecule has 0 atom stereocenters. The van der Waals surface area contributed by atoms with Gasteiger partial charge in [-0.25, -0.2) is 4.98 Å². The molecule has 0 aromatic carbocycles. The maximum Gasteiger partial charge on any atom is 0.227 e. The molecule has 1 aromatic rings. The van der Waals surface area contributed by atoms with E-state index in [0.29, 0.717) is 6.04 Å². The Kier molecular flexibility index (Phi) is 3.90. The summed E-state index contributed by atoms with van der Waals surface area (Å²) < 4.78 is 0. The van der Waals surface area contributed by atoms with Crippen LogP contribution in [0.2, 0.25) is 0 Å². The summed E-state index contributed by atoms with van der Waals surface area (Å²) in [4.78, 5) is 14.7. The number of hydrogen-bond acceptors (Lipinski definition) is 5. The van der Waals surface area contributed by atoms with Crippen LogP contribution in [0.5, 0.6) is 0 Å². The van der Waals surface area contributed by atoms with Crippen LogP contribution in [0.15, 0.2) is 0 Å². The average Bonchev–Trinajstić information content (AvgIpc) is 3.17. The minimum atomic E-state index is 0.645. The van der Waals surface area contributed by atoms with Crippen LogP contribution in [0.25, 0.3) is 0 Å². The Balaban J connectivity index is 1.64. The quantitative estimate of drug-likeness (QED) is 0.905. The van der Waals surface area contributed by atoms with Gasteiger partial charge >= 0.3 is 0 Å². The third-order valence-electron chi connectivity index (χ3n) is 4.97. The highest BCUT2D eigenvalue weighted by molar-refractivity contribution is 5.53. The van der Waals surface area contributed by atoms with Gasteiger partial charge in [0.1, 0.15) is 5.82 Å². The van der Waals surface area contributed by atoms with E-state index < -0.39 is 0 Å². The van der Waals surface area contributed by atoms with E-state index in [2.05, 4.69) is 22.0 Å². The molecule has 0 amide bonds. The third kappa shape index (κ3) is 2.91. The Bertz CT molecular complexity index is 534. The van der Waals surface area contributed by atoms with Crippen LogP contribution in [-0.2, 0) is 13.0 Å². The number of aromatic nitrogens is 2. The van der Waals surface area contributed by atoms with Gasteiger partial charge in [0.25, 0.3) is 0 Å². The highest BCUT2D eigenvalue weighted by Crippen LogP contribution is 2.31. The largest absolute Gasteiger partial charge is 0.367 e. The SMILES string of the molecule is CCCN1CCc2nc(N3CCCC3)nc(NC3CC3)c2C1. The summed E-state index contributed by atoms with van der Waals surface area (Å²) in [7, 11) is 0. The number of hydrogen-bond donors (Lipinski definition) is 1. The first kappa shape index (κ1) is 14.2. The molecule has 5 nitrogen and oxygen atoms in total. The second-order valence-electron chi connectivity index (χ2n) is 6.94. The average molecular weight is 301 g/mol. The molecular formula is C17H27N5. The highest BCUT2D eigenvalue weighted by Gasteiger charge is 2.28. The number of anilines is 2. The molecule has 0 spiro atoms. The normalized spacial score (nSPS) is 22.0. The van der Waals surface area contributed by atoms with Crippen molar-refractivity contribution >= 4 is 11.8 Å². The van der Waals surface area contributed by atoms with Crippen molar-refractivity contribution in [3.63, 3.8) is 0 Å². The van der Waals surface area contributed by atoms with Gasteiger partial charge in [-0.05, 0) is 38.6 Å². The summed E-state index contributed by atoms with van der Waals surface area (Å²) >= 11 is 0. The lowest BCUT2D eigenvalue weighted by Crippen LogP contribution is -2.33. The van der Waals surface area contributed by atoms with Gasteiger partial charge in [-0.1, -0.05) is 6.92 Å². The van der Waals surface area contributed by atoms with Crippen LogP contribution in [-0.4, -0.2) is 47.1 Å². The van der Waals surface area contributed by atoms with Gasteiger partial charge in [0.15, 0.2) is 0 Å². The van der Waals surface area contributed by atoms with E-state index in [1.54, 1.807) is 0 Å². The van der Waals surface area contributed by atoms with E-state index in [0.717, 1.165) is 44.4 Å². The summed E-state index contributed by atoms with van der Waals surface area (Å²) in [6, 6.07) is 0.645. The molecule has 1 saturated heterocycles. The maximum atomic E-state index is 4.93. The van der Waals surface area contributed by atoms with E-state index in [4.69, 9.17) is 9.97 Å². The fourth-order valence-electron chi connectivity index (χ4n) is 3.56. The maximum absolute atomic E-state index is 4.93. The van der Waals surface area contributed by atoms with Crippen LogP contribution in [0, 0.1) is 0 Å². The van der Waals surface area contributed by atoms with E-state index in [9.17, 15) is 0 Å². The minimum Gasteiger partial charge on any atom is -0.367 e. The van der Waals surface area contributed by atoms with E-state index in [1.807, 2.05) is 0 Å². The van der Waals surface area contributed by atoms with Crippen LogP contribution < -0.4 is 10.2 Å². The predicted octanol–water partition coefficient (Wildman–Crippen LogP) is 2.42. The van der Waals surface area contributed by atoms with E-state index in [1.165, 1.54) is 49.9 Å². The Morgan fingerprint density at radius 3 is 2.68 bits per heavy atom. The van der Waals surface area contributed by atoms with Gasteiger partial charge in [-0.15, -0.1) is 0 Å². The first-order chi connectivity index (χ1) is 10.8. The summed E-state index contributed by atoms with van der Waals surface area (Å²) in [6.07, 6.45) is 7.41. The second-order valence-corrected chi connectivity index (χ2v) is 6.94. The molecule has 0 unspecified atom stereocenters. The first-order valence-corrected chi connectivity index (χ1v) is 8.97. The minimum absolute atomic E-state index is 0.645. The van der Waals surface area contributed by atoms with Crippen molar-refractivity contribution in [2.75, 3.05) is 36.4 Å². The zero-order chi connectivity index (χ0) is 14.9. The second kappa shape index (κ2) is 6.03. The van der Waals surface area contributed by atoms with Crippen molar-refractivity contribution in [2.24, 2.45) is 0 Å². The molecule has 120 valence electrons. The third-order valence-corrected chi connectivity index (χ3v) is 4.97. The first-order valence-electron chi connectivity index (χ1n) is 8.97. The van der Waals surface area contributed by atoms with Gasteiger partial charge in [-0.3, -0.25) is 4.90 Å². The van der Waals surface area contributed by atoms with Gasteiger partial charge in [0.2, 0.25) is 5.95 Å². The van der Waals surface area contributed by atoms with Gasteiger partial charge in [0.05, 0.1) is 5.69 Å². The zero-order valence-electron chi connectivity index (χ0n) is 13.6. The number of nitrogens with one attached hydrogen (secondary N) is 1. The molecule has 2 fully saturated rings. The van der Waals surface area contributed by atoms with Crippen LogP contribution in [0.1, 0.15) is 50.3 Å². The Morgan fingerprint density at radius 1 is 1.14 bits per heavy atom. The lowest BCUT2D eigenvalue weighted by atomic mass is 10.1. The van der Waals surface area contributed by atoms with Gasteiger partial charge in [0, 0.05) is 44.2 Å². The van der Waals surface area contributed by atoms with Crippen LogP contribution in [0.3, 0.4) is 0 Å². The molecule has 1 N–H and O–H groups in total. The van der Waals surface area contributed by atoms with Crippen molar-refractivity contribution in [3.8, 4) is 0 Å². The predicted molar refractivity (Wildman–Crippen MR) is 89.4 cm³/mol. The number of fused-ring (bicyclic) bond motifs is 1. The monoisotopic (exact) mass is 301 g/mol. The molecule has 3 heterocycles. The highest BCUT2D eigenvalue weighted by atomic mass is 15.3. The molecule has 1 aromatic heterocycles. The lowest BCUT2D eigenvalue weighted by Gasteiger charge is -2.30. The summed E-state index contributed by atoms with van der Waals surface area (Å²) in [5.74, 6) is 2.08. The summed E-state index contributed by atoms with van der Waals surface area (Å²) in [6.45, 7) is 7.81. The van der Waals surface area contributed by atoms with Crippen molar-refractivity contribution < 1.29 is 0 Å². The Labute approximate surface area is 133 Å². The summed E-state index contributed by atoms with van der Waals surface area (Å²) in [5.41, 5.74) is 2.64. The van der Waals surface area contributed by atoms with Gasteiger partial charge < -0.3 is 10.2 Å². The molecule has 0 radical (unpaired) electrons. The topological polar surface area (TPSA) is 44.3 Å². The van der Waals surface area contributed by atoms with Gasteiger partial charge in [-0.2, -0.15) is 4.98 Å². The zero-order valence-corrected chi connectivity index (χ0v) is 13.6. The van der Waals surface area contributed by atoms with Crippen molar-refractivity contribution in [2.45, 2.75) is 58.0 Å². The molecule has 2 aliphatic heterocycles. The standard InChI is InChI=1S/C17H27N5/c1-2-8-21-11-7-15-14(12-21)16(18-13-5-6-13)20-17(19-15)22-9-3-4-10-22/h13H,2-12H2,1H3,(H,18,19,20). The fourth-order valence-corrected chi connectivity index (χ4v) is 3.56. The van der Waals surface area contributed by atoms with Crippen molar-refractivity contribution in [3.05, 3.63) is 11.3 Å². The van der Waals surface area contributed by atoms with Crippen molar-refractivity contribution in [1.82, 2.24) is 14.9 Å². The van der Waals surface area contributed by atoms with Crippen LogP contribution >= 0.6 is 0 Å². The molecule has 1 saturated carbocycles. The fraction of sp³-hybridized carbons (Fsp3) is 0.765.